The van der Waals surface area contributed by atoms with E-state index in [4.69, 9.17) is 9.88 Å². The molecule has 2 aromatic rings. The first kappa shape index (κ1) is 15.3. The van der Waals surface area contributed by atoms with E-state index >= 15 is 0 Å². The summed E-state index contributed by atoms with van der Waals surface area (Å²) in [6, 6.07) is 8.40. The number of rotatable bonds is 5. The zero-order chi connectivity index (χ0) is 14.8. The predicted molar refractivity (Wildman–Crippen MR) is 83.7 cm³/mol. The van der Waals surface area contributed by atoms with Gasteiger partial charge in [-0.3, -0.25) is 0 Å². The molecule has 0 unspecified atom stereocenters. The number of methoxy groups -OCH3 is 1. The third kappa shape index (κ3) is 3.72. The average Bonchev–Trinajstić information content (AvgIpc) is 2.80. The Labute approximate surface area is 129 Å². The van der Waals surface area contributed by atoms with Crippen molar-refractivity contribution in [1.82, 2.24) is 0 Å². The molecule has 0 amide bonds. The second-order valence-electron chi connectivity index (χ2n) is 3.97. The quantitative estimate of drug-likeness (QED) is 0.840. The first-order valence-corrected chi connectivity index (χ1v) is 8.74. The van der Waals surface area contributed by atoms with Crippen LogP contribution in [0.5, 0.6) is 5.75 Å². The van der Waals surface area contributed by atoms with E-state index in [1.807, 2.05) is 12.1 Å². The Hall–Kier alpha value is -1.09. The van der Waals surface area contributed by atoms with E-state index < -0.39 is 10.0 Å². The summed E-state index contributed by atoms with van der Waals surface area (Å²) in [5.41, 5.74) is 0.587. The van der Waals surface area contributed by atoms with Crippen molar-refractivity contribution in [3.8, 4) is 5.75 Å². The molecule has 0 saturated heterocycles. The highest BCUT2D eigenvalue weighted by molar-refractivity contribution is 9.11. The molecule has 0 atom stereocenters. The molecule has 0 aliphatic rings. The Balaban J connectivity index is 2.24. The van der Waals surface area contributed by atoms with E-state index in [0.717, 1.165) is 8.66 Å². The van der Waals surface area contributed by atoms with Crippen molar-refractivity contribution >= 4 is 43.0 Å². The van der Waals surface area contributed by atoms with E-state index in [-0.39, 0.29) is 4.90 Å². The van der Waals surface area contributed by atoms with Gasteiger partial charge in [0.05, 0.1) is 21.5 Å². The number of primary sulfonamides is 1. The van der Waals surface area contributed by atoms with Gasteiger partial charge in [0.15, 0.2) is 0 Å². The maximum Gasteiger partial charge on any atom is 0.238 e. The molecule has 0 radical (unpaired) electrons. The fourth-order valence-corrected chi connectivity index (χ4v) is 3.59. The van der Waals surface area contributed by atoms with Crippen LogP contribution in [-0.2, 0) is 16.6 Å². The monoisotopic (exact) mass is 376 g/mol. The van der Waals surface area contributed by atoms with Crippen LogP contribution in [0.1, 0.15) is 4.88 Å². The Morgan fingerprint density at radius 2 is 2.10 bits per heavy atom. The van der Waals surface area contributed by atoms with Crippen LogP contribution in [-0.4, -0.2) is 15.5 Å². The van der Waals surface area contributed by atoms with Crippen molar-refractivity contribution in [1.29, 1.82) is 0 Å². The lowest BCUT2D eigenvalue weighted by Crippen LogP contribution is -2.12. The van der Waals surface area contributed by atoms with Gasteiger partial charge >= 0.3 is 0 Å². The summed E-state index contributed by atoms with van der Waals surface area (Å²) in [7, 11) is -2.20. The van der Waals surface area contributed by atoms with Gasteiger partial charge in [-0.15, -0.1) is 11.3 Å². The second-order valence-corrected chi connectivity index (χ2v) is 8.08. The summed E-state index contributed by atoms with van der Waals surface area (Å²) in [5.74, 6) is 0.563. The van der Waals surface area contributed by atoms with E-state index in [2.05, 4.69) is 21.2 Å². The number of hydrogen-bond acceptors (Lipinski definition) is 5. The Morgan fingerprint density at radius 3 is 2.65 bits per heavy atom. The molecule has 1 heterocycles. The Morgan fingerprint density at radius 1 is 1.35 bits per heavy atom. The van der Waals surface area contributed by atoms with Crippen molar-refractivity contribution in [2.45, 2.75) is 11.4 Å². The smallest absolute Gasteiger partial charge is 0.238 e. The van der Waals surface area contributed by atoms with Crippen LogP contribution in [0.3, 0.4) is 0 Å². The molecule has 3 N–H and O–H groups in total. The first-order valence-electron chi connectivity index (χ1n) is 5.59. The Bertz CT molecular complexity index is 713. The number of benzene rings is 1. The van der Waals surface area contributed by atoms with Gasteiger partial charge in [0.1, 0.15) is 5.75 Å². The summed E-state index contributed by atoms with van der Waals surface area (Å²) in [5, 5.41) is 8.28. The number of nitrogens with two attached hydrogens (primary N) is 1. The Kier molecular flexibility index (Phi) is 4.69. The van der Waals surface area contributed by atoms with Gasteiger partial charge in [-0.2, -0.15) is 0 Å². The van der Waals surface area contributed by atoms with Gasteiger partial charge in [0.2, 0.25) is 10.0 Å². The highest BCUT2D eigenvalue weighted by atomic mass is 79.9. The zero-order valence-corrected chi connectivity index (χ0v) is 13.8. The third-order valence-electron chi connectivity index (χ3n) is 2.58. The summed E-state index contributed by atoms with van der Waals surface area (Å²) < 4.78 is 29.0. The molecular formula is C12H13BrN2O3S2. The molecule has 8 heteroatoms. The minimum atomic E-state index is -3.73. The molecule has 2 rings (SSSR count). The van der Waals surface area contributed by atoms with E-state index in [0.29, 0.717) is 18.0 Å². The van der Waals surface area contributed by atoms with Crippen molar-refractivity contribution < 1.29 is 13.2 Å². The molecule has 5 nitrogen and oxygen atoms in total. The second kappa shape index (κ2) is 6.13. The van der Waals surface area contributed by atoms with Crippen molar-refractivity contribution in [3.63, 3.8) is 0 Å². The number of thiophene rings is 1. The largest absolute Gasteiger partial charge is 0.495 e. The summed E-state index contributed by atoms with van der Waals surface area (Å²) >= 11 is 5.00. The fourth-order valence-electron chi connectivity index (χ4n) is 1.63. The topological polar surface area (TPSA) is 81.4 Å². The predicted octanol–water partition coefficient (Wildman–Crippen LogP) is 2.78. The van der Waals surface area contributed by atoms with Crippen LogP contribution in [0.25, 0.3) is 0 Å². The fraction of sp³-hybridized carbons (Fsp3) is 0.167. The van der Waals surface area contributed by atoms with Gasteiger partial charge in [-0.1, -0.05) is 0 Å². The minimum Gasteiger partial charge on any atom is -0.495 e. The van der Waals surface area contributed by atoms with Crippen LogP contribution in [0.4, 0.5) is 5.69 Å². The molecule has 0 saturated carbocycles. The highest BCUT2D eigenvalue weighted by Crippen LogP contribution is 2.29. The number of nitrogens with one attached hydrogen (secondary N) is 1. The maximum atomic E-state index is 11.4. The molecule has 1 aromatic carbocycles. The van der Waals surface area contributed by atoms with Crippen molar-refractivity contribution in [3.05, 3.63) is 39.0 Å². The molecule has 0 fully saturated rings. The molecule has 20 heavy (non-hydrogen) atoms. The summed E-state index contributed by atoms with van der Waals surface area (Å²) in [6.07, 6.45) is 0. The lowest BCUT2D eigenvalue weighted by Gasteiger charge is -2.11. The van der Waals surface area contributed by atoms with Gasteiger partial charge < -0.3 is 10.1 Å². The van der Waals surface area contributed by atoms with Gasteiger partial charge in [-0.05, 0) is 46.3 Å². The zero-order valence-electron chi connectivity index (χ0n) is 10.6. The van der Waals surface area contributed by atoms with Gasteiger partial charge in [0, 0.05) is 11.4 Å². The molecule has 0 spiro atoms. The number of ether oxygens (including phenoxy) is 1. The average molecular weight is 377 g/mol. The lowest BCUT2D eigenvalue weighted by atomic mass is 10.3. The van der Waals surface area contributed by atoms with Crippen molar-refractivity contribution in [2.75, 3.05) is 12.4 Å². The van der Waals surface area contributed by atoms with Gasteiger partial charge in [0.25, 0.3) is 0 Å². The number of hydrogen-bond donors (Lipinski definition) is 2. The van der Waals surface area contributed by atoms with Crippen LogP contribution in [0.15, 0.2) is 39.0 Å². The van der Waals surface area contributed by atoms with Crippen LogP contribution < -0.4 is 15.2 Å². The number of sulfonamides is 1. The van der Waals surface area contributed by atoms with Crippen molar-refractivity contribution in [2.24, 2.45) is 5.14 Å². The molecule has 0 aliphatic carbocycles. The van der Waals surface area contributed by atoms with E-state index in [1.165, 1.54) is 19.2 Å². The standard InChI is InChI=1S/C12H13BrN2O3S2/c1-18-11-4-3-9(20(14,16)17)6-10(11)15-7-8-2-5-12(13)19-8/h2-6,15H,7H2,1H3,(H2,14,16,17). The molecule has 0 aliphatic heterocycles. The van der Waals surface area contributed by atoms with Gasteiger partial charge in [-0.25, -0.2) is 13.6 Å². The van der Waals surface area contributed by atoms with E-state index in [9.17, 15) is 8.42 Å². The van der Waals surface area contributed by atoms with E-state index in [1.54, 1.807) is 17.4 Å². The maximum absolute atomic E-state index is 11.4. The molecule has 1 aromatic heterocycles. The molecule has 108 valence electrons. The molecule has 0 bridgehead atoms. The lowest BCUT2D eigenvalue weighted by molar-refractivity contribution is 0.416. The first-order chi connectivity index (χ1) is 9.40. The number of halogens is 1. The summed E-state index contributed by atoms with van der Waals surface area (Å²) in [6.45, 7) is 0.570. The normalized spacial score (nSPS) is 11.3. The minimum absolute atomic E-state index is 0.0492. The van der Waals surface area contributed by atoms with Crippen LogP contribution in [0, 0.1) is 0 Å². The summed E-state index contributed by atoms with van der Waals surface area (Å²) in [4.78, 5) is 1.16. The highest BCUT2D eigenvalue weighted by Gasteiger charge is 2.12. The SMILES string of the molecule is COc1ccc(S(N)(=O)=O)cc1NCc1ccc(Br)s1. The molecular weight excluding hydrogens is 364 g/mol. The third-order valence-corrected chi connectivity index (χ3v) is 5.12. The van der Waals surface area contributed by atoms with Crippen LogP contribution >= 0.6 is 27.3 Å². The number of anilines is 1. The van der Waals surface area contributed by atoms with Crippen LogP contribution in [0.2, 0.25) is 0 Å².